The Labute approximate surface area is 181 Å². The lowest BCUT2D eigenvalue weighted by atomic mass is 10.1. The van der Waals surface area contributed by atoms with Gasteiger partial charge in [-0.2, -0.15) is 4.72 Å². The van der Waals surface area contributed by atoms with E-state index in [0.29, 0.717) is 11.3 Å². The van der Waals surface area contributed by atoms with E-state index in [1.807, 2.05) is 25.3 Å². The Bertz CT molecular complexity index is 1070. The Morgan fingerprint density at radius 1 is 1.10 bits per heavy atom. The monoisotopic (exact) mass is 449 g/mol. The third-order valence-electron chi connectivity index (χ3n) is 4.58. The summed E-state index contributed by atoms with van der Waals surface area (Å²) in [6.45, 7) is 6.83. The molecule has 9 nitrogen and oxygen atoms in total. The van der Waals surface area contributed by atoms with Gasteiger partial charge in [-0.05, 0) is 50.6 Å². The number of amides is 1. The van der Waals surface area contributed by atoms with Gasteiger partial charge in [-0.25, -0.2) is 8.42 Å². The smallest absolute Gasteiger partial charge is 0.321 e. The number of nitrogens with one attached hydrogen (secondary N) is 2. The Morgan fingerprint density at radius 2 is 1.74 bits per heavy atom. The molecule has 0 atom stereocenters. The minimum atomic E-state index is -3.96. The second-order valence-electron chi connectivity index (χ2n) is 7.05. The number of nitrogens with zero attached hydrogens (tertiary/aromatic N) is 1. The average Bonchev–Trinajstić information content (AvgIpc) is 2.99. The highest BCUT2D eigenvalue weighted by atomic mass is 32.2. The molecule has 31 heavy (non-hydrogen) atoms. The van der Waals surface area contributed by atoms with E-state index in [4.69, 9.17) is 4.74 Å². The van der Waals surface area contributed by atoms with E-state index in [9.17, 15) is 22.8 Å². The van der Waals surface area contributed by atoms with Gasteiger partial charge in [0.25, 0.3) is 0 Å². The highest BCUT2D eigenvalue weighted by Gasteiger charge is 2.19. The van der Waals surface area contributed by atoms with Crippen molar-refractivity contribution in [3.8, 4) is 0 Å². The van der Waals surface area contributed by atoms with Crippen molar-refractivity contribution in [2.75, 3.05) is 18.5 Å². The van der Waals surface area contributed by atoms with Crippen LogP contribution in [-0.4, -0.2) is 43.8 Å². The Morgan fingerprint density at radius 3 is 2.32 bits per heavy atom. The van der Waals surface area contributed by atoms with E-state index in [1.165, 1.54) is 31.2 Å². The first-order chi connectivity index (χ1) is 14.5. The van der Waals surface area contributed by atoms with Gasteiger partial charge in [-0.3, -0.25) is 14.4 Å². The molecule has 2 N–H and O–H groups in total. The number of benzene rings is 1. The van der Waals surface area contributed by atoms with Crippen LogP contribution in [0.5, 0.6) is 0 Å². The van der Waals surface area contributed by atoms with E-state index in [0.717, 1.165) is 24.4 Å². The van der Waals surface area contributed by atoms with Crippen molar-refractivity contribution in [2.24, 2.45) is 0 Å². The number of aromatic nitrogens is 1. The van der Waals surface area contributed by atoms with Gasteiger partial charge in [0.05, 0.1) is 4.90 Å². The summed E-state index contributed by atoms with van der Waals surface area (Å²) in [5.41, 5.74) is 2.69. The Kier molecular flexibility index (Phi) is 8.12. The lowest BCUT2D eigenvalue weighted by Crippen LogP contribution is -2.31. The van der Waals surface area contributed by atoms with Crippen molar-refractivity contribution in [1.82, 2.24) is 9.29 Å². The highest BCUT2D eigenvalue weighted by Crippen LogP contribution is 2.17. The molecular formula is C21H27N3O6S. The summed E-state index contributed by atoms with van der Waals surface area (Å²) in [5, 5.41) is 2.53. The zero-order valence-electron chi connectivity index (χ0n) is 18.0. The van der Waals surface area contributed by atoms with Crippen molar-refractivity contribution in [1.29, 1.82) is 0 Å². The van der Waals surface area contributed by atoms with Crippen molar-refractivity contribution in [3.05, 3.63) is 47.3 Å². The maximum atomic E-state index is 12.4. The van der Waals surface area contributed by atoms with Crippen LogP contribution in [0.25, 0.3) is 0 Å². The molecule has 0 saturated carbocycles. The molecule has 2 rings (SSSR count). The van der Waals surface area contributed by atoms with Crippen LogP contribution < -0.4 is 10.0 Å². The standard InChI is InChI=1S/C21H27N3O6S/c1-5-10-24-14(2)11-19(15(24)3)20(26)13-30-21(27)12-22-31(28,29)18-8-6-17(7-9-18)23-16(4)25/h6-9,11,22H,5,10,12-13H2,1-4H3,(H,23,25). The molecule has 2 aromatic rings. The van der Waals surface area contributed by atoms with Crippen LogP contribution in [0.15, 0.2) is 35.2 Å². The van der Waals surface area contributed by atoms with E-state index in [1.54, 1.807) is 6.07 Å². The first kappa shape index (κ1) is 24.3. The molecule has 0 aliphatic carbocycles. The van der Waals surface area contributed by atoms with Crippen LogP contribution in [-0.2, 0) is 30.9 Å². The predicted molar refractivity (Wildman–Crippen MR) is 115 cm³/mol. The molecule has 0 radical (unpaired) electrons. The third-order valence-corrected chi connectivity index (χ3v) is 5.99. The number of esters is 1. The Balaban J connectivity index is 1.91. The number of aryl methyl sites for hydroxylation is 1. The molecular weight excluding hydrogens is 422 g/mol. The molecule has 0 fully saturated rings. The van der Waals surface area contributed by atoms with Crippen molar-refractivity contribution in [2.45, 2.75) is 45.6 Å². The molecule has 0 bridgehead atoms. The van der Waals surface area contributed by atoms with Crippen LogP contribution in [0.2, 0.25) is 0 Å². The SMILES string of the molecule is CCCn1c(C)cc(C(=O)COC(=O)CNS(=O)(=O)c2ccc(NC(C)=O)cc2)c1C. The zero-order chi connectivity index (χ0) is 23.2. The van der Waals surface area contributed by atoms with Gasteiger partial charge in [-0.1, -0.05) is 6.92 Å². The number of ether oxygens (including phenoxy) is 1. The van der Waals surface area contributed by atoms with Gasteiger partial charge in [-0.15, -0.1) is 0 Å². The largest absolute Gasteiger partial charge is 0.456 e. The van der Waals surface area contributed by atoms with Gasteiger partial charge in [0.15, 0.2) is 6.61 Å². The molecule has 0 spiro atoms. The first-order valence-corrected chi connectivity index (χ1v) is 11.3. The second-order valence-corrected chi connectivity index (χ2v) is 8.82. The van der Waals surface area contributed by atoms with Crippen molar-refractivity contribution >= 4 is 33.4 Å². The number of carbonyl (C=O) groups is 3. The lowest BCUT2D eigenvalue weighted by Gasteiger charge is -2.09. The second kappa shape index (κ2) is 10.4. The molecule has 0 saturated heterocycles. The maximum absolute atomic E-state index is 12.4. The number of anilines is 1. The zero-order valence-corrected chi connectivity index (χ0v) is 18.8. The maximum Gasteiger partial charge on any atom is 0.321 e. The molecule has 168 valence electrons. The lowest BCUT2D eigenvalue weighted by molar-refractivity contribution is -0.141. The fourth-order valence-corrected chi connectivity index (χ4v) is 4.05. The molecule has 10 heteroatoms. The number of carbonyl (C=O) groups excluding carboxylic acids is 3. The average molecular weight is 450 g/mol. The number of Topliss-reactive ketones (excluding diaryl/α,β-unsaturated/α-hetero) is 1. The quantitative estimate of drug-likeness (QED) is 0.423. The highest BCUT2D eigenvalue weighted by molar-refractivity contribution is 7.89. The van der Waals surface area contributed by atoms with Gasteiger partial charge in [0.1, 0.15) is 6.54 Å². The van der Waals surface area contributed by atoms with E-state index >= 15 is 0 Å². The van der Waals surface area contributed by atoms with E-state index in [2.05, 4.69) is 10.0 Å². The molecule has 0 unspecified atom stereocenters. The molecule has 1 aromatic heterocycles. The minimum Gasteiger partial charge on any atom is -0.456 e. The number of sulfonamides is 1. The van der Waals surface area contributed by atoms with E-state index in [-0.39, 0.29) is 16.6 Å². The normalized spacial score (nSPS) is 11.2. The summed E-state index contributed by atoms with van der Waals surface area (Å²) in [7, 11) is -3.96. The first-order valence-electron chi connectivity index (χ1n) is 9.78. The summed E-state index contributed by atoms with van der Waals surface area (Å²) < 4.78 is 33.7. The van der Waals surface area contributed by atoms with Crippen molar-refractivity contribution in [3.63, 3.8) is 0 Å². The number of rotatable bonds is 10. The van der Waals surface area contributed by atoms with Crippen LogP contribution >= 0.6 is 0 Å². The summed E-state index contributed by atoms with van der Waals surface area (Å²) >= 11 is 0. The number of hydrogen-bond acceptors (Lipinski definition) is 6. The third kappa shape index (κ3) is 6.50. The van der Waals surface area contributed by atoms with E-state index < -0.39 is 29.1 Å². The van der Waals surface area contributed by atoms with Gasteiger partial charge in [0, 0.05) is 36.1 Å². The van der Waals surface area contributed by atoms with Gasteiger partial charge in [0.2, 0.25) is 21.7 Å². The van der Waals surface area contributed by atoms with Crippen LogP contribution in [0, 0.1) is 13.8 Å². The summed E-state index contributed by atoms with van der Waals surface area (Å²) in [4.78, 5) is 35.3. The van der Waals surface area contributed by atoms with Crippen LogP contribution in [0.4, 0.5) is 5.69 Å². The molecule has 0 aliphatic rings. The number of ketones is 1. The molecule has 1 aromatic carbocycles. The molecule has 1 amide bonds. The van der Waals surface area contributed by atoms with Crippen molar-refractivity contribution < 1.29 is 27.5 Å². The minimum absolute atomic E-state index is 0.0751. The fraction of sp³-hybridized carbons (Fsp3) is 0.381. The van der Waals surface area contributed by atoms with Crippen LogP contribution in [0.3, 0.4) is 0 Å². The number of hydrogen-bond donors (Lipinski definition) is 2. The van der Waals surface area contributed by atoms with Gasteiger partial charge < -0.3 is 14.6 Å². The summed E-state index contributed by atoms with van der Waals surface area (Å²) in [6, 6.07) is 7.22. The molecule has 1 heterocycles. The van der Waals surface area contributed by atoms with Gasteiger partial charge >= 0.3 is 5.97 Å². The summed E-state index contributed by atoms with van der Waals surface area (Å²) in [6.07, 6.45) is 0.926. The summed E-state index contributed by atoms with van der Waals surface area (Å²) in [5.74, 6) is -1.49. The van der Waals surface area contributed by atoms with Crippen LogP contribution in [0.1, 0.15) is 42.0 Å². The molecule has 0 aliphatic heterocycles. The predicted octanol–water partition coefficient (Wildman–Crippen LogP) is 2.18. The fourth-order valence-electron chi connectivity index (χ4n) is 3.08. The Hall–Kier alpha value is -2.98. The topological polar surface area (TPSA) is 124 Å².